The number of nitrogens with one attached hydrogen (secondary N) is 1. The normalized spacial score (nSPS) is 10.8. The Bertz CT molecular complexity index is 280. The first-order chi connectivity index (χ1) is 7.72. The number of benzene rings is 1. The third-order valence-corrected chi connectivity index (χ3v) is 2.41. The summed E-state index contributed by atoms with van der Waals surface area (Å²) in [4.78, 5) is 2.17. The van der Waals surface area contributed by atoms with Gasteiger partial charge in [0.2, 0.25) is 0 Å². The SMILES string of the molecule is CN(C)Cc1ccc(NCCCCN)cc1. The van der Waals surface area contributed by atoms with Gasteiger partial charge in [0.25, 0.3) is 0 Å². The van der Waals surface area contributed by atoms with Gasteiger partial charge in [-0.15, -0.1) is 0 Å². The van der Waals surface area contributed by atoms with Gasteiger partial charge in [0.15, 0.2) is 0 Å². The first kappa shape index (κ1) is 13.0. The van der Waals surface area contributed by atoms with Crippen LogP contribution in [0.15, 0.2) is 24.3 Å². The van der Waals surface area contributed by atoms with Crippen molar-refractivity contribution in [2.24, 2.45) is 5.73 Å². The average Bonchev–Trinajstić information content (AvgIpc) is 2.26. The van der Waals surface area contributed by atoms with Crippen LogP contribution in [0.25, 0.3) is 0 Å². The topological polar surface area (TPSA) is 41.3 Å². The van der Waals surface area contributed by atoms with Crippen molar-refractivity contribution in [3.8, 4) is 0 Å². The van der Waals surface area contributed by atoms with Crippen LogP contribution < -0.4 is 11.1 Å². The van der Waals surface area contributed by atoms with Crippen molar-refractivity contribution in [1.82, 2.24) is 4.90 Å². The molecule has 0 unspecified atom stereocenters. The maximum atomic E-state index is 5.44. The lowest BCUT2D eigenvalue weighted by Crippen LogP contribution is -2.10. The Morgan fingerprint density at radius 2 is 1.81 bits per heavy atom. The van der Waals surface area contributed by atoms with E-state index in [2.05, 4.69) is 48.6 Å². The molecule has 0 aromatic heterocycles. The van der Waals surface area contributed by atoms with E-state index in [1.165, 1.54) is 11.3 Å². The fourth-order valence-corrected chi connectivity index (χ4v) is 1.60. The zero-order valence-corrected chi connectivity index (χ0v) is 10.4. The zero-order valence-electron chi connectivity index (χ0n) is 10.4. The van der Waals surface area contributed by atoms with Gasteiger partial charge >= 0.3 is 0 Å². The Kier molecular flexibility index (Phi) is 5.90. The summed E-state index contributed by atoms with van der Waals surface area (Å²) in [7, 11) is 4.16. The summed E-state index contributed by atoms with van der Waals surface area (Å²) in [5.74, 6) is 0. The molecule has 0 saturated heterocycles. The third kappa shape index (κ3) is 5.14. The fourth-order valence-electron chi connectivity index (χ4n) is 1.60. The summed E-state index contributed by atoms with van der Waals surface area (Å²) in [5.41, 5.74) is 7.98. The zero-order chi connectivity index (χ0) is 11.8. The van der Waals surface area contributed by atoms with Crippen LogP contribution >= 0.6 is 0 Å². The standard InChI is InChI=1S/C13H23N3/c1-16(2)11-12-5-7-13(8-6-12)15-10-4-3-9-14/h5-8,15H,3-4,9-11,14H2,1-2H3. The van der Waals surface area contributed by atoms with Gasteiger partial charge in [-0.05, 0) is 51.2 Å². The van der Waals surface area contributed by atoms with E-state index >= 15 is 0 Å². The van der Waals surface area contributed by atoms with Crippen molar-refractivity contribution < 1.29 is 0 Å². The molecule has 0 aliphatic carbocycles. The summed E-state index contributed by atoms with van der Waals surface area (Å²) in [5, 5.41) is 3.39. The second-order valence-electron chi connectivity index (χ2n) is 4.36. The minimum absolute atomic E-state index is 0.781. The van der Waals surface area contributed by atoms with Crippen LogP contribution in [0.1, 0.15) is 18.4 Å². The van der Waals surface area contributed by atoms with Crippen molar-refractivity contribution in [3.63, 3.8) is 0 Å². The Labute approximate surface area is 98.6 Å². The highest BCUT2D eigenvalue weighted by atomic mass is 15.0. The van der Waals surface area contributed by atoms with E-state index in [1.807, 2.05) is 0 Å². The van der Waals surface area contributed by atoms with Crippen LogP contribution in [0.3, 0.4) is 0 Å². The Morgan fingerprint density at radius 3 is 2.38 bits per heavy atom. The van der Waals surface area contributed by atoms with Crippen LogP contribution in [0.4, 0.5) is 5.69 Å². The molecule has 3 N–H and O–H groups in total. The Hall–Kier alpha value is -1.06. The Morgan fingerprint density at radius 1 is 1.12 bits per heavy atom. The second kappa shape index (κ2) is 7.25. The van der Waals surface area contributed by atoms with Crippen molar-refractivity contribution in [1.29, 1.82) is 0 Å². The molecule has 1 rings (SSSR count). The number of nitrogens with zero attached hydrogens (tertiary/aromatic N) is 1. The van der Waals surface area contributed by atoms with E-state index in [-0.39, 0.29) is 0 Å². The maximum absolute atomic E-state index is 5.44. The highest BCUT2D eigenvalue weighted by Crippen LogP contribution is 2.10. The smallest absolute Gasteiger partial charge is 0.0340 e. The van der Waals surface area contributed by atoms with Crippen LogP contribution in [0.5, 0.6) is 0 Å². The predicted molar refractivity (Wildman–Crippen MR) is 70.6 cm³/mol. The summed E-state index contributed by atoms with van der Waals surface area (Å²) < 4.78 is 0. The lowest BCUT2D eigenvalue weighted by atomic mass is 10.2. The molecule has 3 heteroatoms. The van der Waals surface area contributed by atoms with Gasteiger partial charge in [0, 0.05) is 18.8 Å². The highest BCUT2D eigenvalue weighted by Gasteiger charge is 1.95. The maximum Gasteiger partial charge on any atom is 0.0340 e. The van der Waals surface area contributed by atoms with Crippen molar-refractivity contribution in [2.75, 3.05) is 32.5 Å². The largest absolute Gasteiger partial charge is 0.385 e. The number of hydrogen-bond donors (Lipinski definition) is 2. The average molecular weight is 221 g/mol. The van der Waals surface area contributed by atoms with Crippen molar-refractivity contribution in [3.05, 3.63) is 29.8 Å². The number of nitrogens with two attached hydrogens (primary N) is 1. The Balaban J connectivity index is 2.33. The molecular weight excluding hydrogens is 198 g/mol. The van der Waals surface area contributed by atoms with Crippen molar-refractivity contribution in [2.45, 2.75) is 19.4 Å². The quantitative estimate of drug-likeness (QED) is 0.691. The first-order valence-electron chi connectivity index (χ1n) is 5.90. The van der Waals surface area contributed by atoms with Crippen LogP contribution in [-0.4, -0.2) is 32.1 Å². The summed E-state index contributed by atoms with van der Waals surface area (Å²) in [6, 6.07) is 8.62. The van der Waals surface area contributed by atoms with Gasteiger partial charge in [0.05, 0.1) is 0 Å². The van der Waals surface area contributed by atoms with Gasteiger partial charge in [-0.25, -0.2) is 0 Å². The molecule has 0 atom stereocenters. The van der Waals surface area contributed by atoms with E-state index in [9.17, 15) is 0 Å². The van der Waals surface area contributed by atoms with Crippen LogP contribution in [0, 0.1) is 0 Å². The highest BCUT2D eigenvalue weighted by molar-refractivity contribution is 5.44. The van der Waals surface area contributed by atoms with Crippen LogP contribution in [0.2, 0.25) is 0 Å². The van der Waals surface area contributed by atoms with Gasteiger partial charge in [-0.3, -0.25) is 0 Å². The lowest BCUT2D eigenvalue weighted by molar-refractivity contribution is 0.402. The molecule has 3 nitrogen and oxygen atoms in total. The van der Waals surface area contributed by atoms with Gasteiger partial charge < -0.3 is 16.0 Å². The summed E-state index contributed by atoms with van der Waals surface area (Å²) in [6.07, 6.45) is 2.22. The molecule has 16 heavy (non-hydrogen) atoms. The third-order valence-electron chi connectivity index (χ3n) is 2.41. The van der Waals surface area contributed by atoms with E-state index in [0.29, 0.717) is 0 Å². The molecule has 0 aliphatic rings. The number of hydrogen-bond acceptors (Lipinski definition) is 3. The van der Waals surface area contributed by atoms with E-state index in [1.54, 1.807) is 0 Å². The molecule has 1 aromatic rings. The van der Waals surface area contributed by atoms with E-state index < -0.39 is 0 Å². The lowest BCUT2D eigenvalue weighted by Gasteiger charge is -2.11. The molecule has 90 valence electrons. The first-order valence-corrected chi connectivity index (χ1v) is 5.90. The minimum atomic E-state index is 0.781. The number of anilines is 1. The molecule has 0 amide bonds. The molecular formula is C13H23N3. The monoisotopic (exact) mass is 221 g/mol. The van der Waals surface area contributed by atoms with Gasteiger partial charge in [-0.1, -0.05) is 12.1 Å². The molecule has 0 heterocycles. The van der Waals surface area contributed by atoms with Gasteiger partial charge in [0.1, 0.15) is 0 Å². The number of rotatable bonds is 7. The van der Waals surface area contributed by atoms with E-state index in [0.717, 1.165) is 32.5 Å². The van der Waals surface area contributed by atoms with E-state index in [4.69, 9.17) is 5.73 Å². The molecule has 0 bridgehead atoms. The van der Waals surface area contributed by atoms with Crippen LogP contribution in [-0.2, 0) is 6.54 Å². The summed E-state index contributed by atoms with van der Waals surface area (Å²) >= 11 is 0. The fraction of sp³-hybridized carbons (Fsp3) is 0.538. The molecule has 0 saturated carbocycles. The summed E-state index contributed by atoms with van der Waals surface area (Å²) in [6.45, 7) is 2.78. The van der Waals surface area contributed by atoms with Gasteiger partial charge in [-0.2, -0.15) is 0 Å². The minimum Gasteiger partial charge on any atom is -0.385 e. The van der Waals surface area contributed by atoms with Crippen molar-refractivity contribution >= 4 is 5.69 Å². The number of unbranched alkanes of at least 4 members (excludes halogenated alkanes) is 1. The predicted octanol–water partition coefficient (Wildman–Crippen LogP) is 1.90. The molecule has 0 fully saturated rings. The molecule has 1 aromatic carbocycles. The molecule has 0 radical (unpaired) electrons. The second-order valence-corrected chi connectivity index (χ2v) is 4.36. The molecule has 0 spiro atoms. The molecule has 0 aliphatic heterocycles.